The number of para-hydroxylation sites is 1. The van der Waals surface area contributed by atoms with E-state index in [1.165, 1.54) is 0 Å². The number of benzene rings is 1. The smallest absolute Gasteiger partial charge is 0.254 e. The third-order valence-electron chi connectivity index (χ3n) is 4.00. The maximum atomic E-state index is 12.3. The van der Waals surface area contributed by atoms with Crippen LogP contribution in [0.4, 0.5) is 0 Å². The van der Waals surface area contributed by atoms with Gasteiger partial charge in [-0.15, -0.1) is 0 Å². The van der Waals surface area contributed by atoms with E-state index in [2.05, 4.69) is 22.4 Å². The van der Waals surface area contributed by atoms with Crippen LogP contribution in [0.15, 0.2) is 48.9 Å². The molecule has 1 aromatic carbocycles. The molecule has 0 bridgehead atoms. The number of hydrogen-bond acceptors (Lipinski definition) is 3. The molecule has 130 valence electrons. The lowest BCUT2D eigenvalue weighted by molar-refractivity contribution is 0.0953. The van der Waals surface area contributed by atoms with Gasteiger partial charge in [0, 0.05) is 25.5 Å². The second-order valence-corrected chi connectivity index (χ2v) is 6.03. The van der Waals surface area contributed by atoms with E-state index in [-0.39, 0.29) is 5.91 Å². The molecule has 0 aliphatic rings. The fourth-order valence-electron chi connectivity index (χ4n) is 2.71. The van der Waals surface area contributed by atoms with Gasteiger partial charge in [0.25, 0.3) is 5.91 Å². The molecule has 25 heavy (non-hydrogen) atoms. The Morgan fingerprint density at radius 3 is 2.76 bits per heavy atom. The quantitative estimate of drug-likeness (QED) is 0.721. The first kappa shape index (κ1) is 17.0. The van der Waals surface area contributed by atoms with Gasteiger partial charge < -0.3 is 5.32 Å². The lowest BCUT2D eigenvalue weighted by atomic mass is 10.2. The maximum Gasteiger partial charge on any atom is 0.254 e. The number of aryl methyl sites for hydroxylation is 2. The third-order valence-corrected chi connectivity index (χ3v) is 4.00. The Balaban J connectivity index is 1.54. The van der Waals surface area contributed by atoms with Gasteiger partial charge in [-0.25, -0.2) is 4.68 Å². The Morgan fingerprint density at radius 1 is 1.20 bits per heavy atom. The second kappa shape index (κ2) is 7.79. The van der Waals surface area contributed by atoms with Crippen molar-refractivity contribution in [2.24, 2.45) is 0 Å². The number of carbonyl (C=O) groups is 1. The second-order valence-electron chi connectivity index (χ2n) is 6.03. The zero-order valence-corrected chi connectivity index (χ0v) is 14.6. The molecule has 0 spiro atoms. The minimum atomic E-state index is -0.0738. The summed E-state index contributed by atoms with van der Waals surface area (Å²) in [6.45, 7) is 5.35. The van der Waals surface area contributed by atoms with Gasteiger partial charge in [-0.3, -0.25) is 9.48 Å². The first-order valence-corrected chi connectivity index (χ1v) is 8.58. The van der Waals surface area contributed by atoms with Crippen LogP contribution < -0.4 is 5.32 Å². The Kier molecular flexibility index (Phi) is 5.28. The zero-order chi connectivity index (χ0) is 17.6. The van der Waals surface area contributed by atoms with Crippen molar-refractivity contribution >= 4 is 5.91 Å². The average molecular weight is 337 g/mol. The predicted octanol–water partition coefficient (Wildman–Crippen LogP) is 2.76. The minimum absolute atomic E-state index is 0.0738. The Hall–Kier alpha value is -2.89. The number of nitrogens with one attached hydrogen (secondary N) is 1. The molecule has 0 fully saturated rings. The van der Waals surface area contributed by atoms with Gasteiger partial charge in [0.1, 0.15) is 0 Å². The number of nitrogens with zero attached hydrogens (tertiary/aromatic N) is 4. The highest BCUT2D eigenvalue weighted by Crippen LogP contribution is 2.09. The van der Waals surface area contributed by atoms with Gasteiger partial charge in [0.05, 0.1) is 23.1 Å². The molecule has 0 saturated carbocycles. The van der Waals surface area contributed by atoms with Crippen molar-refractivity contribution < 1.29 is 4.79 Å². The molecule has 6 heteroatoms. The summed E-state index contributed by atoms with van der Waals surface area (Å²) >= 11 is 0. The summed E-state index contributed by atoms with van der Waals surface area (Å²) in [5.41, 5.74) is 3.52. The van der Waals surface area contributed by atoms with Crippen molar-refractivity contribution in [2.45, 2.75) is 33.2 Å². The van der Waals surface area contributed by atoms with Gasteiger partial charge in [-0.2, -0.15) is 10.2 Å². The Bertz CT molecular complexity index is 835. The summed E-state index contributed by atoms with van der Waals surface area (Å²) in [6, 6.07) is 9.97. The highest BCUT2D eigenvalue weighted by atomic mass is 16.1. The van der Waals surface area contributed by atoms with Gasteiger partial charge >= 0.3 is 0 Å². The topological polar surface area (TPSA) is 64.7 Å². The van der Waals surface area contributed by atoms with Crippen LogP contribution in [0.1, 0.15) is 35.0 Å². The highest BCUT2D eigenvalue weighted by molar-refractivity contribution is 5.94. The molecule has 0 aliphatic heterocycles. The minimum Gasteiger partial charge on any atom is -0.352 e. The van der Waals surface area contributed by atoms with Crippen LogP contribution in [0.25, 0.3) is 5.69 Å². The van der Waals surface area contributed by atoms with Crippen LogP contribution in [-0.4, -0.2) is 32.0 Å². The SMILES string of the molecule is CCCn1cc(C(=O)NCCc2cnn(-c3ccccc3)c2)c(C)n1. The molecule has 3 rings (SSSR count). The van der Waals surface area contributed by atoms with E-state index >= 15 is 0 Å². The van der Waals surface area contributed by atoms with Crippen LogP contribution in [0.5, 0.6) is 0 Å². The first-order valence-electron chi connectivity index (χ1n) is 8.58. The normalized spacial score (nSPS) is 10.8. The van der Waals surface area contributed by atoms with Crippen LogP contribution in [0, 0.1) is 6.92 Å². The van der Waals surface area contributed by atoms with Crippen molar-refractivity contribution in [3.63, 3.8) is 0 Å². The Morgan fingerprint density at radius 2 is 2.00 bits per heavy atom. The molecule has 3 aromatic rings. The van der Waals surface area contributed by atoms with E-state index in [0.29, 0.717) is 12.1 Å². The summed E-state index contributed by atoms with van der Waals surface area (Å²) in [5, 5.41) is 11.7. The van der Waals surface area contributed by atoms with Crippen LogP contribution in [0.3, 0.4) is 0 Å². The first-order chi connectivity index (χ1) is 12.2. The van der Waals surface area contributed by atoms with Crippen molar-refractivity contribution in [1.29, 1.82) is 0 Å². The van der Waals surface area contributed by atoms with Gasteiger partial charge in [0.15, 0.2) is 0 Å². The van der Waals surface area contributed by atoms with Crippen LogP contribution in [-0.2, 0) is 13.0 Å². The molecule has 1 N–H and O–H groups in total. The summed E-state index contributed by atoms with van der Waals surface area (Å²) in [5.74, 6) is -0.0738. The molecule has 0 radical (unpaired) electrons. The standard InChI is InChI=1S/C19H23N5O/c1-3-11-23-14-18(15(2)22-23)19(25)20-10-9-16-12-21-24(13-16)17-7-5-4-6-8-17/h4-8,12-14H,3,9-11H2,1-2H3,(H,20,25). The summed E-state index contributed by atoms with van der Waals surface area (Å²) in [6.07, 6.45) is 7.38. The lowest BCUT2D eigenvalue weighted by Crippen LogP contribution is -2.25. The lowest BCUT2D eigenvalue weighted by Gasteiger charge is -2.03. The third kappa shape index (κ3) is 4.15. The molecule has 0 saturated heterocycles. The largest absolute Gasteiger partial charge is 0.352 e. The van der Waals surface area contributed by atoms with Gasteiger partial charge in [0.2, 0.25) is 0 Å². The van der Waals surface area contributed by atoms with Crippen molar-refractivity contribution in [3.05, 3.63) is 65.7 Å². The average Bonchev–Trinajstić information content (AvgIpc) is 3.23. The number of hydrogen-bond donors (Lipinski definition) is 1. The van der Waals surface area contributed by atoms with Crippen LogP contribution in [0.2, 0.25) is 0 Å². The predicted molar refractivity (Wildman–Crippen MR) is 96.9 cm³/mol. The molecule has 1 amide bonds. The molecular weight excluding hydrogens is 314 g/mol. The van der Waals surface area contributed by atoms with E-state index in [4.69, 9.17) is 0 Å². The Labute approximate surface area is 147 Å². The fraction of sp³-hybridized carbons (Fsp3) is 0.316. The van der Waals surface area contributed by atoms with Crippen molar-refractivity contribution in [1.82, 2.24) is 24.9 Å². The molecular formula is C19H23N5O. The number of aromatic nitrogens is 4. The molecule has 2 heterocycles. The van der Waals surface area contributed by atoms with Gasteiger partial charge in [-0.05, 0) is 37.5 Å². The van der Waals surface area contributed by atoms with E-state index in [9.17, 15) is 4.79 Å². The molecule has 0 unspecified atom stereocenters. The van der Waals surface area contributed by atoms with Crippen LogP contribution >= 0.6 is 0 Å². The number of amides is 1. The van der Waals surface area contributed by atoms with Crippen molar-refractivity contribution in [3.8, 4) is 5.69 Å². The fourth-order valence-corrected chi connectivity index (χ4v) is 2.71. The summed E-state index contributed by atoms with van der Waals surface area (Å²) in [7, 11) is 0. The highest BCUT2D eigenvalue weighted by Gasteiger charge is 2.12. The zero-order valence-electron chi connectivity index (χ0n) is 14.6. The van der Waals surface area contributed by atoms with Crippen molar-refractivity contribution in [2.75, 3.05) is 6.54 Å². The van der Waals surface area contributed by atoms with E-state index < -0.39 is 0 Å². The van der Waals surface area contributed by atoms with Gasteiger partial charge in [-0.1, -0.05) is 25.1 Å². The molecule has 0 atom stereocenters. The number of rotatable bonds is 7. The molecule has 2 aromatic heterocycles. The van der Waals surface area contributed by atoms with E-state index in [0.717, 1.165) is 36.3 Å². The van der Waals surface area contributed by atoms with E-state index in [1.807, 2.05) is 65.2 Å². The number of carbonyl (C=O) groups excluding carboxylic acids is 1. The molecule has 6 nitrogen and oxygen atoms in total. The molecule has 0 aliphatic carbocycles. The maximum absolute atomic E-state index is 12.3. The van der Waals surface area contributed by atoms with E-state index in [1.54, 1.807) is 0 Å². The summed E-state index contributed by atoms with van der Waals surface area (Å²) in [4.78, 5) is 12.3. The monoisotopic (exact) mass is 337 g/mol. The summed E-state index contributed by atoms with van der Waals surface area (Å²) < 4.78 is 3.67.